The van der Waals surface area contributed by atoms with Gasteiger partial charge in [0.05, 0.1) is 66.0 Å². The van der Waals surface area contributed by atoms with Crippen LogP contribution >= 0.6 is 22.7 Å². The van der Waals surface area contributed by atoms with E-state index in [1.807, 2.05) is 36.4 Å². The number of para-hydroxylation sites is 3. The third-order valence-electron chi connectivity index (χ3n) is 15.5. The van der Waals surface area contributed by atoms with Crippen LogP contribution in [0.5, 0.6) is 0 Å². The summed E-state index contributed by atoms with van der Waals surface area (Å²) in [5.74, 6) is 0. The molecule has 0 N–H and O–H groups in total. The third kappa shape index (κ3) is 5.74. The van der Waals surface area contributed by atoms with Gasteiger partial charge in [0.2, 0.25) is 5.69 Å². The van der Waals surface area contributed by atoms with Gasteiger partial charge in [0.15, 0.2) is 0 Å². The van der Waals surface area contributed by atoms with Gasteiger partial charge >= 0.3 is 0 Å². The van der Waals surface area contributed by atoms with Gasteiger partial charge in [-0.25, -0.2) is 4.85 Å². The SMILES string of the molecule is [C-]#[N+]c1c(-c2ccccc2)c(C#N)c(-n2c3ccccc3c3cc(-n4c5ccccc5c5ccccc54)ccc32)c(-c2ccccc2)c1-n1c2c(ccc3c4ccccc4sc32)c2ccc3c4ccccc4sc3c21. The molecule has 346 valence electrons. The highest BCUT2D eigenvalue weighted by Crippen LogP contribution is 2.55. The van der Waals surface area contributed by atoms with E-state index in [-0.39, 0.29) is 0 Å². The Balaban J connectivity index is 1.14. The van der Waals surface area contributed by atoms with Gasteiger partial charge in [-0.1, -0.05) is 176 Å². The van der Waals surface area contributed by atoms with Crippen LogP contribution in [-0.2, 0) is 0 Å². The topological polar surface area (TPSA) is 42.9 Å². The number of aromatic nitrogens is 3. The predicted molar refractivity (Wildman–Crippen MR) is 317 cm³/mol. The highest BCUT2D eigenvalue weighted by molar-refractivity contribution is 7.27. The van der Waals surface area contributed by atoms with E-state index in [0.717, 1.165) is 97.8 Å². The van der Waals surface area contributed by atoms with Crippen LogP contribution in [0, 0.1) is 17.9 Å². The first-order valence-corrected chi connectivity index (χ1v) is 26.7. The van der Waals surface area contributed by atoms with Crippen molar-refractivity contribution in [2.24, 2.45) is 0 Å². The summed E-state index contributed by atoms with van der Waals surface area (Å²) in [5.41, 5.74) is 12.8. The quantitative estimate of drug-likeness (QED) is 0.158. The molecule has 0 bridgehead atoms. The molecular weight excluding hydrogens is 951 g/mol. The molecule has 0 fully saturated rings. The fourth-order valence-corrected chi connectivity index (χ4v) is 14.9. The number of thiophene rings is 2. The maximum Gasteiger partial charge on any atom is 0.220 e. The Morgan fingerprint density at radius 1 is 0.373 bits per heavy atom. The molecule has 0 radical (unpaired) electrons. The van der Waals surface area contributed by atoms with E-state index < -0.39 is 0 Å². The molecule has 0 spiro atoms. The second-order valence-electron chi connectivity index (χ2n) is 19.3. The van der Waals surface area contributed by atoms with Crippen LogP contribution in [0.2, 0.25) is 0 Å². The van der Waals surface area contributed by atoms with Crippen molar-refractivity contribution >= 4 is 134 Å². The number of rotatable bonds is 5. The van der Waals surface area contributed by atoms with Crippen molar-refractivity contribution in [2.75, 3.05) is 0 Å². The van der Waals surface area contributed by atoms with Crippen molar-refractivity contribution in [2.45, 2.75) is 0 Å². The summed E-state index contributed by atoms with van der Waals surface area (Å²) in [5, 5.41) is 23.6. The van der Waals surface area contributed by atoms with Crippen LogP contribution in [-0.4, -0.2) is 13.7 Å². The van der Waals surface area contributed by atoms with Crippen molar-refractivity contribution in [1.29, 1.82) is 5.26 Å². The molecule has 0 aliphatic carbocycles. The normalized spacial score (nSPS) is 12.0. The first-order chi connectivity index (χ1) is 37.2. The van der Waals surface area contributed by atoms with Gasteiger partial charge in [-0.3, -0.25) is 0 Å². The molecule has 11 aromatic carbocycles. The first-order valence-electron chi connectivity index (χ1n) is 25.0. The number of hydrogen-bond acceptors (Lipinski definition) is 3. The minimum Gasteiger partial charge on any atom is -0.316 e. The maximum atomic E-state index is 12.1. The zero-order valence-corrected chi connectivity index (χ0v) is 41.5. The molecule has 0 saturated carbocycles. The van der Waals surface area contributed by atoms with Gasteiger partial charge in [-0.2, -0.15) is 5.26 Å². The van der Waals surface area contributed by atoms with E-state index in [0.29, 0.717) is 16.8 Å². The van der Waals surface area contributed by atoms with Crippen molar-refractivity contribution in [3.8, 4) is 45.4 Å². The molecular formula is C68H37N5S2. The lowest BCUT2D eigenvalue weighted by Gasteiger charge is -2.26. The predicted octanol–water partition coefficient (Wildman–Crippen LogP) is 19.5. The zero-order valence-electron chi connectivity index (χ0n) is 39.9. The number of nitrogens with zero attached hydrogens (tertiary/aromatic N) is 5. The van der Waals surface area contributed by atoms with Crippen molar-refractivity contribution < 1.29 is 0 Å². The van der Waals surface area contributed by atoms with Gasteiger partial charge in [0, 0.05) is 80.1 Å². The molecule has 5 nitrogen and oxygen atoms in total. The van der Waals surface area contributed by atoms with Crippen LogP contribution in [0.25, 0.3) is 150 Å². The molecule has 0 amide bonds. The Hall–Kier alpha value is -9.76. The lowest BCUT2D eigenvalue weighted by atomic mass is 9.88. The van der Waals surface area contributed by atoms with Crippen LogP contribution in [0.1, 0.15) is 5.56 Å². The minimum absolute atomic E-state index is 0.421. The van der Waals surface area contributed by atoms with E-state index in [4.69, 9.17) is 0 Å². The summed E-state index contributed by atoms with van der Waals surface area (Å²) in [4.78, 5) is 4.67. The van der Waals surface area contributed by atoms with Crippen LogP contribution in [0.3, 0.4) is 0 Å². The molecule has 0 unspecified atom stereocenters. The van der Waals surface area contributed by atoms with Gasteiger partial charge < -0.3 is 13.7 Å². The fourth-order valence-electron chi connectivity index (χ4n) is 12.4. The molecule has 16 rings (SSSR count). The van der Waals surface area contributed by atoms with E-state index in [9.17, 15) is 11.8 Å². The third-order valence-corrected chi connectivity index (χ3v) is 17.9. The Kier molecular flexibility index (Phi) is 8.85. The largest absolute Gasteiger partial charge is 0.316 e. The number of benzene rings is 11. The van der Waals surface area contributed by atoms with E-state index in [1.165, 1.54) is 41.7 Å². The minimum atomic E-state index is 0.421. The summed E-state index contributed by atoms with van der Waals surface area (Å²) in [6.07, 6.45) is 0. The highest BCUT2D eigenvalue weighted by atomic mass is 32.1. The molecule has 0 atom stereocenters. The molecule has 5 heterocycles. The summed E-state index contributed by atoms with van der Waals surface area (Å²) < 4.78 is 11.8. The average Bonchev–Trinajstić information content (AvgIpc) is 4.30. The van der Waals surface area contributed by atoms with Crippen molar-refractivity contribution in [3.63, 3.8) is 0 Å². The Bertz CT molecular complexity index is 5030. The summed E-state index contributed by atoms with van der Waals surface area (Å²) >= 11 is 3.60. The molecule has 7 heteroatoms. The standard InChI is InChI=1S/C68H37N5S2/c1-70-62-60(40-18-4-2-5-19-40)53(39-69)63(72-56-29-15-10-24-45(56)52-38-42(32-37-57(52)72)71-54-27-13-8-22-43(54)44-23-9-14-28-55(44)71)61(41-20-6-3-7-21-41)66(62)73-64-48(33-35-50-46-25-11-16-30-58(46)74-67(50)64)49-34-36-51-47-26-12-17-31-59(47)75-68(51)65(49)73/h2-38H. The van der Waals surface area contributed by atoms with Crippen LogP contribution in [0.4, 0.5) is 5.69 Å². The molecule has 0 aliphatic heterocycles. The number of fused-ring (bicyclic) bond motifs is 17. The van der Waals surface area contributed by atoms with Crippen molar-refractivity contribution in [1.82, 2.24) is 13.7 Å². The van der Waals surface area contributed by atoms with E-state index in [1.54, 1.807) is 22.7 Å². The Labute approximate surface area is 437 Å². The average molecular weight is 988 g/mol. The zero-order chi connectivity index (χ0) is 49.5. The summed E-state index contributed by atoms with van der Waals surface area (Å²) in [6.45, 7) is 9.54. The van der Waals surface area contributed by atoms with Gasteiger partial charge in [0.25, 0.3) is 0 Å². The van der Waals surface area contributed by atoms with Crippen LogP contribution < -0.4 is 0 Å². The summed E-state index contributed by atoms with van der Waals surface area (Å²) in [6, 6.07) is 82.5. The highest BCUT2D eigenvalue weighted by Gasteiger charge is 2.33. The first kappa shape index (κ1) is 41.8. The Morgan fingerprint density at radius 2 is 0.813 bits per heavy atom. The second-order valence-corrected chi connectivity index (χ2v) is 21.4. The lowest BCUT2D eigenvalue weighted by Crippen LogP contribution is -2.09. The van der Waals surface area contributed by atoms with Gasteiger partial charge in [-0.05, 0) is 59.7 Å². The molecule has 16 aromatic rings. The monoisotopic (exact) mass is 987 g/mol. The molecule has 0 saturated heterocycles. The number of nitriles is 1. The number of hydrogen-bond donors (Lipinski definition) is 0. The van der Waals surface area contributed by atoms with Crippen molar-refractivity contribution in [3.05, 3.63) is 241 Å². The molecule has 75 heavy (non-hydrogen) atoms. The smallest absolute Gasteiger partial charge is 0.220 e. The maximum absolute atomic E-state index is 12.1. The van der Waals surface area contributed by atoms with E-state index >= 15 is 0 Å². The summed E-state index contributed by atoms with van der Waals surface area (Å²) in [7, 11) is 0. The Morgan fingerprint density at radius 3 is 1.35 bits per heavy atom. The molecule has 5 aromatic heterocycles. The van der Waals surface area contributed by atoms with Crippen LogP contribution in [0.15, 0.2) is 224 Å². The van der Waals surface area contributed by atoms with Gasteiger partial charge in [-0.15, -0.1) is 22.7 Å². The van der Waals surface area contributed by atoms with Gasteiger partial charge in [0.1, 0.15) is 6.07 Å². The second kappa shape index (κ2) is 15.9. The fraction of sp³-hybridized carbons (Fsp3) is 0. The lowest BCUT2D eigenvalue weighted by molar-refractivity contribution is 1.14. The molecule has 0 aliphatic rings. The van der Waals surface area contributed by atoms with E-state index in [2.05, 4.69) is 213 Å².